The van der Waals surface area contributed by atoms with Crippen molar-refractivity contribution in [2.75, 3.05) is 25.4 Å². The molecule has 0 aliphatic carbocycles. The lowest BCUT2D eigenvalue weighted by atomic mass is 9.84. The van der Waals surface area contributed by atoms with Gasteiger partial charge in [0.2, 0.25) is 15.8 Å². The molecule has 1 saturated heterocycles. The molecule has 2 N–H and O–H groups in total. The maximum absolute atomic E-state index is 13.7. The Bertz CT molecular complexity index is 1280. The van der Waals surface area contributed by atoms with Gasteiger partial charge in [-0.25, -0.2) is 22.0 Å². The van der Waals surface area contributed by atoms with Gasteiger partial charge in [0, 0.05) is 19.1 Å². The first-order chi connectivity index (χ1) is 17.1. The molecule has 2 aromatic carbocycles. The fourth-order valence-electron chi connectivity index (χ4n) is 4.70. The summed E-state index contributed by atoms with van der Waals surface area (Å²) in [5.74, 6) is -5.37. The summed E-state index contributed by atoms with van der Waals surface area (Å²) in [7, 11) is -3.43. The predicted molar refractivity (Wildman–Crippen MR) is 127 cm³/mol. The molecule has 2 bridgehead atoms. The minimum absolute atomic E-state index is 0.0143. The Kier molecular flexibility index (Phi) is 7.72. The van der Waals surface area contributed by atoms with Crippen LogP contribution in [0, 0.1) is 17.5 Å². The van der Waals surface area contributed by atoms with Crippen LogP contribution in [-0.2, 0) is 21.2 Å². The van der Waals surface area contributed by atoms with E-state index >= 15 is 0 Å². The molecular weight excluding hydrogens is 497 g/mol. The van der Waals surface area contributed by atoms with Crippen LogP contribution in [0.25, 0.3) is 5.57 Å². The first kappa shape index (κ1) is 26.2. The number of nitrogens with one attached hydrogen (secondary N) is 1. The largest absolute Gasteiger partial charge is 0.488 e. The van der Waals surface area contributed by atoms with Crippen LogP contribution >= 0.6 is 0 Å². The molecule has 2 aliphatic rings. The van der Waals surface area contributed by atoms with E-state index in [1.54, 1.807) is 6.92 Å². The number of ether oxygens (including phenoxy) is 1. The molecule has 2 atom stereocenters. The number of carboxylic acids is 1. The maximum Gasteiger partial charge on any atom is 0.333 e. The first-order valence-electron chi connectivity index (χ1n) is 11.7. The highest BCUT2D eigenvalue weighted by Gasteiger charge is 2.41. The van der Waals surface area contributed by atoms with Gasteiger partial charge >= 0.3 is 5.97 Å². The van der Waals surface area contributed by atoms with Gasteiger partial charge in [-0.2, -0.15) is 8.70 Å². The summed E-state index contributed by atoms with van der Waals surface area (Å²) >= 11 is 0. The van der Waals surface area contributed by atoms with Crippen LogP contribution in [0.1, 0.15) is 30.9 Å². The number of fused-ring (bicyclic) bond motifs is 2. The molecule has 0 aromatic heterocycles. The summed E-state index contributed by atoms with van der Waals surface area (Å²) in [5.41, 5.74) is 2.51. The van der Waals surface area contributed by atoms with Crippen LogP contribution in [0.5, 0.6) is 5.75 Å². The van der Waals surface area contributed by atoms with E-state index < -0.39 is 45.2 Å². The Morgan fingerprint density at radius 1 is 1.11 bits per heavy atom. The van der Waals surface area contributed by atoms with E-state index in [4.69, 9.17) is 4.74 Å². The van der Waals surface area contributed by atoms with E-state index in [1.807, 2.05) is 24.3 Å². The van der Waals surface area contributed by atoms with Crippen LogP contribution in [0.2, 0.25) is 0 Å². The third kappa shape index (κ3) is 5.42. The number of aryl methyl sites for hydroxylation is 1. The van der Waals surface area contributed by atoms with Gasteiger partial charge in [-0.1, -0.05) is 24.3 Å². The smallest absolute Gasteiger partial charge is 0.333 e. The molecule has 36 heavy (non-hydrogen) atoms. The average molecular weight is 525 g/mol. The lowest BCUT2D eigenvalue weighted by Crippen LogP contribution is -2.61. The molecule has 7 nitrogen and oxygen atoms in total. The lowest BCUT2D eigenvalue weighted by Gasteiger charge is -2.42. The van der Waals surface area contributed by atoms with E-state index in [-0.39, 0.29) is 37.1 Å². The third-order valence-corrected chi connectivity index (χ3v) is 8.33. The molecule has 2 unspecified atom stereocenters. The molecule has 0 spiro atoms. The van der Waals surface area contributed by atoms with Crippen molar-refractivity contribution in [3.05, 3.63) is 70.5 Å². The summed E-state index contributed by atoms with van der Waals surface area (Å²) in [6.45, 7) is 1.91. The van der Waals surface area contributed by atoms with Crippen molar-refractivity contribution < 1.29 is 36.2 Å². The average Bonchev–Trinajstić information content (AvgIpc) is 2.85. The van der Waals surface area contributed by atoms with Gasteiger partial charge in [0.15, 0.2) is 17.4 Å². The summed E-state index contributed by atoms with van der Waals surface area (Å²) in [6.07, 6.45) is 1.33. The first-order valence-corrected chi connectivity index (χ1v) is 13.3. The number of aliphatic carboxylic acids is 1. The van der Waals surface area contributed by atoms with Gasteiger partial charge in [0.1, 0.15) is 0 Å². The number of carboxylic acid groups (broad SMARTS) is 1. The Morgan fingerprint density at radius 3 is 2.47 bits per heavy atom. The summed E-state index contributed by atoms with van der Waals surface area (Å²) in [5, 5.41) is 13.2. The van der Waals surface area contributed by atoms with Gasteiger partial charge in [0.25, 0.3) is 0 Å². The highest BCUT2D eigenvalue weighted by molar-refractivity contribution is 7.89. The lowest BCUT2D eigenvalue weighted by molar-refractivity contribution is -0.133. The van der Waals surface area contributed by atoms with Crippen molar-refractivity contribution in [3.63, 3.8) is 0 Å². The van der Waals surface area contributed by atoms with Crippen molar-refractivity contribution in [1.82, 2.24) is 9.62 Å². The Morgan fingerprint density at radius 2 is 1.81 bits per heavy atom. The molecule has 0 saturated carbocycles. The molecule has 4 rings (SSSR count). The zero-order valence-corrected chi connectivity index (χ0v) is 20.5. The van der Waals surface area contributed by atoms with Crippen molar-refractivity contribution >= 4 is 21.6 Å². The number of carbonyl (C=O) groups is 1. The van der Waals surface area contributed by atoms with Crippen molar-refractivity contribution in [2.24, 2.45) is 0 Å². The molecule has 2 aliphatic heterocycles. The molecule has 1 fully saturated rings. The van der Waals surface area contributed by atoms with E-state index in [2.05, 4.69) is 5.32 Å². The standard InChI is InChI=1S/C25H27F3N2O5S/c1-2-36(33,34)30-13-17-12-18(22(25(31)32)21(14-30)29-17)16-7-5-15(6-8-16)4-3-11-35-24-20(27)10-9-19(26)23(24)28/h5-10,17,21,29H,2-4,11-14H2,1H3,(H,31,32). The number of hydrogen-bond acceptors (Lipinski definition) is 5. The molecule has 11 heteroatoms. The van der Waals surface area contributed by atoms with Gasteiger partial charge in [-0.3, -0.25) is 0 Å². The van der Waals surface area contributed by atoms with E-state index in [0.717, 1.165) is 17.2 Å². The fourth-order valence-corrected chi connectivity index (χ4v) is 5.85. The second-order valence-electron chi connectivity index (χ2n) is 8.86. The number of piperazine rings is 1. The molecule has 2 heterocycles. The number of benzene rings is 2. The maximum atomic E-state index is 13.7. The number of rotatable bonds is 9. The number of sulfonamides is 1. The summed E-state index contributed by atoms with van der Waals surface area (Å²) in [4.78, 5) is 12.1. The summed E-state index contributed by atoms with van der Waals surface area (Å²) < 4.78 is 71.8. The van der Waals surface area contributed by atoms with Gasteiger partial charge in [0.05, 0.1) is 24.0 Å². The minimum Gasteiger partial charge on any atom is -0.488 e. The molecule has 2 aromatic rings. The SMILES string of the molecule is CCS(=O)(=O)N1CC2CC(c3ccc(CCCOc4c(F)ccc(F)c4F)cc3)=C(C(=O)O)C(C1)N2. The summed E-state index contributed by atoms with van der Waals surface area (Å²) in [6, 6.07) is 8.04. The van der Waals surface area contributed by atoms with Crippen LogP contribution in [-0.4, -0.2) is 61.3 Å². The zero-order chi connectivity index (χ0) is 26.0. The van der Waals surface area contributed by atoms with E-state index in [9.17, 15) is 31.5 Å². The molecular formula is C25H27F3N2O5S. The van der Waals surface area contributed by atoms with Crippen molar-refractivity contribution in [3.8, 4) is 5.75 Å². The molecule has 194 valence electrons. The molecule has 0 radical (unpaired) electrons. The highest BCUT2D eigenvalue weighted by Crippen LogP contribution is 2.34. The van der Waals surface area contributed by atoms with E-state index in [0.29, 0.717) is 30.9 Å². The van der Waals surface area contributed by atoms with Crippen molar-refractivity contribution in [2.45, 2.75) is 38.3 Å². The van der Waals surface area contributed by atoms with Gasteiger partial charge < -0.3 is 15.2 Å². The normalized spacial score (nSPS) is 20.4. The monoisotopic (exact) mass is 524 g/mol. The third-order valence-electron chi connectivity index (χ3n) is 6.52. The fraction of sp³-hybridized carbons (Fsp3) is 0.400. The minimum atomic E-state index is -3.43. The second kappa shape index (κ2) is 10.6. The van der Waals surface area contributed by atoms with Gasteiger partial charge in [-0.15, -0.1) is 0 Å². The quantitative estimate of drug-likeness (QED) is 0.386. The van der Waals surface area contributed by atoms with Crippen LogP contribution in [0.4, 0.5) is 13.2 Å². The number of halogens is 3. The van der Waals surface area contributed by atoms with Crippen LogP contribution in [0.3, 0.4) is 0 Å². The number of nitrogens with zero attached hydrogens (tertiary/aromatic N) is 1. The zero-order valence-electron chi connectivity index (χ0n) is 19.6. The highest BCUT2D eigenvalue weighted by atomic mass is 32.2. The second-order valence-corrected chi connectivity index (χ2v) is 11.1. The van der Waals surface area contributed by atoms with Gasteiger partial charge in [-0.05, 0) is 55.0 Å². The predicted octanol–water partition coefficient (Wildman–Crippen LogP) is 3.35. The molecule has 0 amide bonds. The van der Waals surface area contributed by atoms with Crippen LogP contribution in [0.15, 0.2) is 42.0 Å². The Labute approximate surface area is 207 Å². The topological polar surface area (TPSA) is 95.9 Å². The number of hydrogen-bond donors (Lipinski definition) is 2. The van der Waals surface area contributed by atoms with Crippen molar-refractivity contribution in [1.29, 1.82) is 0 Å². The van der Waals surface area contributed by atoms with E-state index in [1.165, 1.54) is 4.31 Å². The van der Waals surface area contributed by atoms with Crippen LogP contribution < -0.4 is 10.1 Å². The Balaban J connectivity index is 1.44. The Hall–Kier alpha value is -2.89.